The van der Waals surface area contributed by atoms with Crippen molar-refractivity contribution < 1.29 is 5.11 Å². The lowest BCUT2D eigenvalue weighted by molar-refractivity contribution is 0.0690. The molecular formula is C13H14ClN3O. The number of benzene rings is 1. The van der Waals surface area contributed by atoms with Gasteiger partial charge < -0.3 is 10.8 Å². The van der Waals surface area contributed by atoms with Gasteiger partial charge in [0.15, 0.2) is 0 Å². The third-order valence-corrected chi connectivity index (χ3v) is 3.88. The van der Waals surface area contributed by atoms with Crippen molar-refractivity contribution in [2.45, 2.75) is 18.1 Å². The van der Waals surface area contributed by atoms with E-state index in [1.807, 2.05) is 24.3 Å². The van der Waals surface area contributed by atoms with Gasteiger partial charge in [0.25, 0.3) is 0 Å². The smallest absolute Gasteiger partial charge is 0.135 e. The standard InChI is InChI=1S/C13H14ClN3O/c1-17-12(10(14)7-16-17)13(18)6-11(15)8-4-2-3-5-9(8)13/h2-5,7,11,18H,6,15H2,1H3. The molecule has 4 nitrogen and oxygen atoms in total. The Morgan fingerprint density at radius 2 is 2.22 bits per heavy atom. The molecule has 0 saturated heterocycles. The van der Waals surface area contributed by atoms with Gasteiger partial charge in [0.1, 0.15) is 5.60 Å². The van der Waals surface area contributed by atoms with Crippen LogP contribution in [0.3, 0.4) is 0 Å². The number of aliphatic hydroxyl groups is 1. The topological polar surface area (TPSA) is 64.1 Å². The summed E-state index contributed by atoms with van der Waals surface area (Å²) in [6.45, 7) is 0. The summed E-state index contributed by atoms with van der Waals surface area (Å²) in [5.41, 5.74) is 7.33. The quantitative estimate of drug-likeness (QED) is 0.823. The van der Waals surface area contributed by atoms with Gasteiger partial charge in [0, 0.05) is 19.5 Å². The van der Waals surface area contributed by atoms with Crippen molar-refractivity contribution in [1.29, 1.82) is 0 Å². The molecule has 1 heterocycles. The number of nitrogens with two attached hydrogens (primary N) is 1. The maximum atomic E-state index is 11.0. The van der Waals surface area contributed by atoms with Gasteiger partial charge in [0.2, 0.25) is 0 Å². The van der Waals surface area contributed by atoms with Crippen LogP contribution >= 0.6 is 11.6 Å². The molecule has 0 spiro atoms. The summed E-state index contributed by atoms with van der Waals surface area (Å²) in [5, 5.41) is 15.6. The van der Waals surface area contributed by atoms with Crippen LogP contribution in [0.25, 0.3) is 0 Å². The Balaban J connectivity index is 2.24. The first-order chi connectivity index (χ1) is 8.54. The second-order valence-corrected chi connectivity index (χ2v) is 5.13. The van der Waals surface area contributed by atoms with Crippen LogP contribution in [0.15, 0.2) is 30.5 Å². The van der Waals surface area contributed by atoms with Crippen molar-refractivity contribution in [1.82, 2.24) is 9.78 Å². The SMILES string of the molecule is Cn1ncc(Cl)c1C1(O)CC(N)c2ccccc21. The van der Waals surface area contributed by atoms with E-state index in [9.17, 15) is 5.11 Å². The number of halogens is 1. The van der Waals surface area contributed by atoms with Gasteiger partial charge in [-0.1, -0.05) is 35.9 Å². The van der Waals surface area contributed by atoms with Crippen LogP contribution in [0.4, 0.5) is 0 Å². The minimum atomic E-state index is -1.15. The van der Waals surface area contributed by atoms with Crippen LogP contribution in [0, 0.1) is 0 Å². The molecule has 2 aromatic rings. The molecule has 1 aliphatic rings. The normalized spacial score (nSPS) is 26.3. The molecule has 0 fully saturated rings. The van der Waals surface area contributed by atoms with Crippen molar-refractivity contribution in [2.75, 3.05) is 0 Å². The molecule has 1 aromatic heterocycles. The third kappa shape index (κ3) is 1.43. The van der Waals surface area contributed by atoms with Gasteiger partial charge in [-0.05, 0) is 11.1 Å². The number of aryl methyl sites for hydroxylation is 1. The highest BCUT2D eigenvalue weighted by Gasteiger charge is 2.45. The molecule has 18 heavy (non-hydrogen) atoms. The lowest BCUT2D eigenvalue weighted by Crippen LogP contribution is -2.28. The zero-order valence-corrected chi connectivity index (χ0v) is 10.7. The van der Waals surface area contributed by atoms with E-state index in [1.165, 1.54) is 0 Å². The molecule has 2 unspecified atom stereocenters. The fraction of sp³-hybridized carbons (Fsp3) is 0.308. The van der Waals surface area contributed by atoms with E-state index in [4.69, 9.17) is 17.3 Å². The summed E-state index contributed by atoms with van der Waals surface area (Å²) in [6, 6.07) is 7.48. The van der Waals surface area contributed by atoms with Crippen LogP contribution in [0.2, 0.25) is 5.02 Å². The molecule has 0 amide bonds. The van der Waals surface area contributed by atoms with Gasteiger partial charge >= 0.3 is 0 Å². The lowest BCUT2D eigenvalue weighted by atomic mass is 9.92. The van der Waals surface area contributed by atoms with Crippen molar-refractivity contribution in [3.8, 4) is 0 Å². The summed E-state index contributed by atoms with van der Waals surface area (Å²) in [5.74, 6) is 0. The predicted octanol–water partition coefficient (Wildman–Crippen LogP) is 1.71. The van der Waals surface area contributed by atoms with Gasteiger partial charge in [-0.15, -0.1) is 0 Å². The molecule has 1 aromatic carbocycles. The second-order valence-electron chi connectivity index (χ2n) is 4.72. The first-order valence-electron chi connectivity index (χ1n) is 5.79. The van der Waals surface area contributed by atoms with E-state index >= 15 is 0 Å². The van der Waals surface area contributed by atoms with Gasteiger partial charge in [-0.3, -0.25) is 4.68 Å². The maximum absolute atomic E-state index is 11.0. The van der Waals surface area contributed by atoms with E-state index < -0.39 is 5.60 Å². The molecule has 0 bridgehead atoms. The average Bonchev–Trinajstić information content (AvgIpc) is 2.80. The predicted molar refractivity (Wildman–Crippen MR) is 69.2 cm³/mol. The highest BCUT2D eigenvalue weighted by atomic mass is 35.5. The summed E-state index contributed by atoms with van der Waals surface area (Å²) in [4.78, 5) is 0. The van der Waals surface area contributed by atoms with Crippen LogP contribution < -0.4 is 5.73 Å². The highest BCUT2D eigenvalue weighted by molar-refractivity contribution is 6.31. The zero-order valence-electron chi connectivity index (χ0n) is 9.97. The van der Waals surface area contributed by atoms with Gasteiger partial charge in [-0.25, -0.2) is 0 Å². The molecule has 3 rings (SSSR count). The highest BCUT2D eigenvalue weighted by Crippen LogP contribution is 2.47. The number of hydrogen-bond donors (Lipinski definition) is 2. The second kappa shape index (κ2) is 3.82. The molecule has 3 N–H and O–H groups in total. The molecule has 0 aliphatic heterocycles. The minimum Gasteiger partial charge on any atom is -0.379 e. The number of nitrogens with zero attached hydrogens (tertiary/aromatic N) is 2. The average molecular weight is 264 g/mol. The number of aromatic nitrogens is 2. The minimum absolute atomic E-state index is 0.183. The third-order valence-electron chi connectivity index (χ3n) is 3.61. The lowest BCUT2D eigenvalue weighted by Gasteiger charge is -2.25. The Kier molecular flexibility index (Phi) is 2.48. The zero-order chi connectivity index (χ0) is 12.9. The summed E-state index contributed by atoms with van der Waals surface area (Å²) >= 11 is 6.14. The van der Waals surface area contributed by atoms with Crippen molar-refractivity contribution in [2.24, 2.45) is 12.8 Å². The van der Waals surface area contributed by atoms with Crippen molar-refractivity contribution in [3.63, 3.8) is 0 Å². The Labute approximate surface area is 110 Å². The van der Waals surface area contributed by atoms with E-state index in [0.717, 1.165) is 11.1 Å². The molecule has 94 valence electrons. The van der Waals surface area contributed by atoms with Crippen molar-refractivity contribution >= 4 is 11.6 Å². The largest absolute Gasteiger partial charge is 0.379 e. The first kappa shape index (κ1) is 11.7. The fourth-order valence-corrected chi connectivity index (χ4v) is 3.16. The van der Waals surface area contributed by atoms with E-state index in [2.05, 4.69) is 5.10 Å². The van der Waals surface area contributed by atoms with Crippen LogP contribution in [-0.4, -0.2) is 14.9 Å². The Morgan fingerprint density at radius 3 is 2.89 bits per heavy atom. The Morgan fingerprint density at radius 1 is 1.50 bits per heavy atom. The maximum Gasteiger partial charge on any atom is 0.135 e. The molecular weight excluding hydrogens is 250 g/mol. The van der Waals surface area contributed by atoms with Crippen LogP contribution in [0.5, 0.6) is 0 Å². The monoisotopic (exact) mass is 263 g/mol. The Hall–Kier alpha value is -1.36. The van der Waals surface area contributed by atoms with Crippen molar-refractivity contribution in [3.05, 3.63) is 52.3 Å². The van der Waals surface area contributed by atoms with Gasteiger partial charge in [0.05, 0.1) is 16.9 Å². The molecule has 0 saturated carbocycles. The summed E-state index contributed by atoms with van der Waals surface area (Å²) in [7, 11) is 1.77. The van der Waals surface area contributed by atoms with Crippen LogP contribution in [0.1, 0.15) is 29.3 Å². The fourth-order valence-electron chi connectivity index (χ4n) is 2.84. The molecule has 2 atom stereocenters. The summed E-state index contributed by atoms with van der Waals surface area (Å²) in [6.07, 6.45) is 1.97. The molecule has 1 aliphatic carbocycles. The Bertz CT molecular complexity index is 591. The number of hydrogen-bond acceptors (Lipinski definition) is 3. The number of fused-ring (bicyclic) bond motifs is 1. The van der Waals surface area contributed by atoms with E-state index in [-0.39, 0.29) is 6.04 Å². The van der Waals surface area contributed by atoms with E-state index in [1.54, 1.807) is 17.9 Å². The molecule has 5 heteroatoms. The van der Waals surface area contributed by atoms with E-state index in [0.29, 0.717) is 17.1 Å². The molecule has 0 radical (unpaired) electrons. The van der Waals surface area contributed by atoms with Gasteiger partial charge in [-0.2, -0.15) is 5.10 Å². The number of rotatable bonds is 1. The van der Waals surface area contributed by atoms with Crippen LogP contribution in [-0.2, 0) is 12.6 Å². The summed E-state index contributed by atoms with van der Waals surface area (Å²) < 4.78 is 1.61. The first-order valence-corrected chi connectivity index (χ1v) is 6.17.